The zero-order valence-electron chi connectivity index (χ0n) is 9.69. The van der Waals surface area contributed by atoms with Crippen LogP contribution in [0.5, 0.6) is 5.75 Å². The SMILES string of the molecule is CC(C)(C)c1nsc(-c2ccccc2)c1O. The van der Waals surface area contributed by atoms with Crippen LogP contribution in [0.25, 0.3) is 10.4 Å². The van der Waals surface area contributed by atoms with E-state index in [-0.39, 0.29) is 5.41 Å². The predicted molar refractivity (Wildman–Crippen MR) is 67.9 cm³/mol. The Kier molecular flexibility index (Phi) is 2.72. The second-order valence-electron chi connectivity index (χ2n) is 4.82. The van der Waals surface area contributed by atoms with Crippen LogP contribution < -0.4 is 0 Å². The molecule has 2 nitrogen and oxygen atoms in total. The van der Waals surface area contributed by atoms with Gasteiger partial charge in [0, 0.05) is 5.41 Å². The Morgan fingerprint density at radius 1 is 1.12 bits per heavy atom. The monoisotopic (exact) mass is 233 g/mol. The number of aromatic nitrogens is 1. The quantitative estimate of drug-likeness (QED) is 0.812. The maximum absolute atomic E-state index is 10.2. The van der Waals surface area contributed by atoms with Gasteiger partial charge in [0.25, 0.3) is 0 Å². The van der Waals surface area contributed by atoms with E-state index in [1.54, 1.807) is 0 Å². The average Bonchev–Trinajstić information content (AvgIpc) is 2.61. The van der Waals surface area contributed by atoms with Crippen molar-refractivity contribution >= 4 is 11.5 Å². The third-order valence-corrected chi connectivity index (χ3v) is 3.30. The van der Waals surface area contributed by atoms with E-state index in [2.05, 4.69) is 25.1 Å². The highest BCUT2D eigenvalue weighted by molar-refractivity contribution is 7.10. The van der Waals surface area contributed by atoms with Gasteiger partial charge in [-0.2, -0.15) is 4.37 Å². The highest BCUT2D eigenvalue weighted by Gasteiger charge is 2.24. The van der Waals surface area contributed by atoms with Gasteiger partial charge in [0.05, 0.1) is 4.88 Å². The molecule has 0 amide bonds. The summed E-state index contributed by atoms with van der Waals surface area (Å²) in [5, 5.41) is 10.2. The predicted octanol–water partition coefficient (Wildman–Crippen LogP) is 3.81. The Balaban J connectivity index is 2.50. The van der Waals surface area contributed by atoms with Crippen LogP contribution in [0.1, 0.15) is 26.5 Å². The number of hydrogen-bond acceptors (Lipinski definition) is 3. The van der Waals surface area contributed by atoms with E-state index in [1.165, 1.54) is 11.5 Å². The van der Waals surface area contributed by atoms with Crippen molar-refractivity contribution in [1.82, 2.24) is 4.37 Å². The lowest BCUT2D eigenvalue weighted by Crippen LogP contribution is -2.11. The number of hydrogen-bond donors (Lipinski definition) is 1. The summed E-state index contributed by atoms with van der Waals surface area (Å²) in [4.78, 5) is 0.852. The topological polar surface area (TPSA) is 33.1 Å². The van der Waals surface area contributed by atoms with E-state index in [1.807, 2.05) is 30.3 Å². The van der Waals surface area contributed by atoms with E-state index in [9.17, 15) is 5.11 Å². The second-order valence-corrected chi connectivity index (χ2v) is 5.60. The van der Waals surface area contributed by atoms with Gasteiger partial charge in [0.2, 0.25) is 0 Å². The normalized spacial score (nSPS) is 11.7. The van der Waals surface area contributed by atoms with Gasteiger partial charge >= 0.3 is 0 Å². The Morgan fingerprint density at radius 2 is 1.75 bits per heavy atom. The largest absolute Gasteiger partial charge is 0.504 e. The third-order valence-electron chi connectivity index (χ3n) is 2.41. The molecule has 0 aliphatic rings. The molecular weight excluding hydrogens is 218 g/mol. The number of rotatable bonds is 1. The summed E-state index contributed by atoms with van der Waals surface area (Å²) in [6.45, 7) is 6.16. The summed E-state index contributed by atoms with van der Waals surface area (Å²) in [5.74, 6) is 0.323. The maximum Gasteiger partial charge on any atom is 0.158 e. The lowest BCUT2D eigenvalue weighted by molar-refractivity contribution is 0.446. The van der Waals surface area contributed by atoms with Gasteiger partial charge in [-0.15, -0.1) is 0 Å². The molecule has 1 heterocycles. The van der Waals surface area contributed by atoms with Crippen molar-refractivity contribution in [2.24, 2.45) is 0 Å². The van der Waals surface area contributed by atoms with Gasteiger partial charge in [0.15, 0.2) is 5.75 Å². The molecule has 0 saturated carbocycles. The fourth-order valence-electron chi connectivity index (χ4n) is 1.56. The molecule has 0 spiro atoms. The van der Waals surface area contributed by atoms with Gasteiger partial charge < -0.3 is 5.11 Å². The van der Waals surface area contributed by atoms with Crippen molar-refractivity contribution in [3.05, 3.63) is 36.0 Å². The smallest absolute Gasteiger partial charge is 0.158 e. The minimum absolute atomic E-state index is 0.117. The molecule has 0 aliphatic carbocycles. The van der Waals surface area contributed by atoms with Gasteiger partial charge in [-0.05, 0) is 17.1 Å². The van der Waals surface area contributed by atoms with Crippen LogP contribution in [0.3, 0.4) is 0 Å². The number of nitrogens with zero attached hydrogens (tertiary/aromatic N) is 1. The van der Waals surface area contributed by atoms with E-state index >= 15 is 0 Å². The average molecular weight is 233 g/mol. The molecule has 16 heavy (non-hydrogen) atoms. The molecule has 0 unspecified atom stereocenters. The molecule has 1 N–H and O–H groups in total. The molecule has 2 aromatic rings. The Labute approximate surface area is 99.7 Å². The maximum atomic E-state index is 10.2. The van der Waals surface area contributed by atoms with E-state index < -0.39 is 0 Å². The van der Waals surface area contributed by atoms with Crippen LogP contribution in [0, 0.1) is 0 Å². The first kappa shape index (κ1) is 11.1. The van der Waals surface area contributed by atoms with Crippen molar-refractivity contribution in [3.63, 3.8) is 0 Å². The molecule has 84 valence electrons. The van der Waals surface area contributed by atoms with Gasteiger partial charge in [-0.25, -0.2) is 0 Å². The lowest BCUT2D eigenvalue weighted by atomic mass is 9.91. The molecule has 0 aliphatic heterocycles. The molecule has 2 rings (SSSR count). The molecule has 1 aromatic carbocycles. The fraction of sp³-hybridized carbons (Fsp3) is 0.308. The van der Waals surface area contributed by atoms with Crippen molar-refractivity contribution in [2.75, 3.05) is 0 Å². The molecule has 0 saturated heterocycles. The summed E-state index contributed by atoms with van der Waals surface area (Å²) >= 11 is 1.36. The highest BCUT2D eigenvalue weighted by Crippen LogP contribution is 2.40. The van der Waals surface area contributed by atoms with E-state index in [0.717, 1.165) is 16.1 Å². The third kappa shape index (κ3) is 1.95. The lowest BCUT2D eigenvalue weighted by Gasteiger charge is -2.15. The van der Waals surface area contributed by atoms with Crippen LogP contribution in [-0.2, 0) is 5.41 Å². The fourth-order valence-corrected chi connectivity index (χ4v) is 2.52. The van der Waals surface area contributed by atoms with Crippen LogP contribution >= 0.6 is 11.5 Å². The highest BCUT2D eigenvalue weighted by atomic mass is 32.1. The minimum atomic E-state index is -0.117. The van der Waals surface area contributed by atoms with Crippen LogP contribution in [0.4, 0.5) is 0 Å². The molecule has 0 radical (unpaired) electrons. The molecule has 0 fully saturated rings. The first-order valence-electron chi connectivity index (χ1n) is 5.24. The zero-order valence-corrected chi connectivity index (χ0v) is 10.5. The second kappa shape index (κ2) is 3.91. The molecule has 0 bridgehead atoms. The number of aromatic hydroxyl groups is 1. The molecule has 3 heteroatoms. The van der Waals surface area contributed by atoms with E-state index in [0.29, 0.717) is 5.75 Å². The van der Waals surface area contributed by atoms with Crippen molar-refractivity contribution in [1.29, 1.82) is 0 Å². The summed E-state index contributed by atoms with van der Waals surface area (Å²) in [6.07, 6.45) is 0. The Morgan fingerprint density at radius 3 is 2.25 bits per heavy atom. The molecule has 0 atom stereocenters. The van der Waals surface area contributed by atoms with Crippen LogP contribution in [-0.4, -0.2) is 9.48 Å². The van der Waals surface area contributed by atoms with Gasteiger partial charge in [-0.1, -0.05) is 51.1 Å². The van der Waals surface area contributed by atoms with Crippen molar-refractivity contribution in [3.8, 4) is 16.2 Å². The van der Waals surface area contributed by atoms with Crippen molar-refractivity contribution < 1.29 is 5.11 Å². The molecule has 1 aromatic heterocycles. The standard InChI is InChI=1S/C13H15NOS/c1-13(2,3)12-10(15)11(16-14-12)9-7-5-4-6-8-9/h4-8,15H,1-3H3. The summed E-state index contributed by atoms with van der Waals surface area (Å²) in [6, 6.07) is 9.86. The Hall–Kier alpha value is -1.35. The van der Waals surface area contributed by atoms with E-state index in [4.69, 9.17) is 0 Å². The summed E-state index contributed by atoms with van der Waals surface area (Å²) in [5.41, 5.74) is 1.68. The van der Waals surface area contributed by atoms with Crippen LogP contribution in [0.15, 0.2) is 30.3 Å². The minimum Gasteiger partial charge on any atom is -0.504 e. The zero-order chi connectivity index (χ0) is 11.8. The van der Waals surface area contributed by atoms with Crippen molar-refractivity contribution in [2.45, 2.75) is 26.2 Å². The van der Waals surface area contributed by atoms with Crippen LogP contribution in [0.2, 0.25) is 0 Å². The molecular formula is C13H15NOS. The first-order valence-corrected chi connectivity index (χ1v) is 6.02. The Bertz CT molecular complexity index is 482. The summed E-state index contributed by atoms with van der Waals surface area (Å²) in [7, 11) is 0. The summed E-state index contributed by atoms with van der Waals surface area (Å²) < 4.78 is 4.36. The first-order chi connectivity index (χ1) is 7.50. The van der Waals surface area contributed by atoms with Gasteiger partial charge in [-0.3, -0.25) is 0 Å². The van der Waals surface area contributed by atoms with Gasteiger partial charge in [0.1, 0.15) is 5.69 Å². The number of benzene rings is 1.